The highest BCUT2D eigenvalue weighted by molar-refractivity contribution is 5.79. The van der Waals surface area contributed by atoms with Gasteiger partial charge in [0.15, 0.2) is 0 Å². The Bertz CT molecular complexity index is 1550. The van der Waals surface area contributed by atoms with Crippen LogP contribution in [0.15, 0.2) is 0 Å². The molecule has 11 fully saturated rings. The third-order valence-electron chi connectivity index (χ3n) is 17.3. The summed E-state index contributed by atoms with van der Waals surface area (Å²) in [6, 6.07) is 0. The molecule has 11 rings (SSSR count). The maximum absolute atomic E-state index is 12.5. The summed E-state index contributed by atoms with van der Waals surface area (Å²) in [5.74, 6) is 3.65. The summed E-state index contributed by atoms with van der Waals surface area (Å²) in [7, 11) is 0. The van der Waals surface area contributed by atoms with Gasteiger partial charge in [0.1, 0.15) is 23.4 Å². The zero-order valence-corrected chi connectivity index (χ0v) is 36.7. The van der Waals surface area contributed by atoms with Gasteiger partial charge >= 0.3 is 23.9 Å². The minimum atomic E-state index is -0.842. The molecule has 2 N–H and O–H groups in total. The van der Waals surface area contributed by atoms with Crippen LogP contribution in [0.5, 0.6) is 0 Å². The Balaban J connectivity index is 0.000000452. The number of hydrogen-bond donors (Lipinski definition) is 2. The van der Waals surface area contributed by atoms with E-state index in [2.05, 4.69) is 13.8 Å². The van der Waals surface area contributed by atoms with Crippen molar-refractivity contribution in [1.82, 2.24) is 0 Å². The van der Waals surface area contributed by atoms with E-state index in [-0.39, 0.29) is 103 Å². The van der Waals surface area contributed by atoms with Crippen molar-refractivity contribution in [2.24, 2.45) is 63.6 Å². The molecule has 10 aliphatic carbocycles. The van der Waals surface area contributed by atoms with Crippen molar-refractivity contribution in [2.45, 2.75) is 251 Å². The van der Waals surface area contributed by atoms with Gasteiger partial charge in [0.25, 0.3) is 0 Å². The van der Waals surface area contributed by atoms with Gasteiger partial charge in [-0.2, -0.15) is 0 Å². The second-order valence-electron chi connectivity index (χ2n) is 22.9. The van der Waals surface area contributed by atoms with Crippen molar-refractivity contribution < 1.29 is 48.3 Å². The number of rotatable bonds is 9. The van der Waals surface area contributed by atoms with E-state index in [1.807, 2.05) is 55.4 Å². The molecule has 1 heterocycles. The molecule has 0 radical (unpaired) electrons. The number of aliphatic hydroxyl groups is 2. The van der Waals surface area contributed by atoms with E-state index in [1.165, 1.54) is 32.1 Å². The molecule has 7 unspecified atom stereocenters. The van der Waals surface area contributed by atoms with E-state index < -0.39 is 27.6 Å². The fourth-order valence-electron chi connectivity index (χ4n) is 13.1. The first-order valence-corrected chi connectivity index (χ1v) is 22.7. The number of hydrogen-bond acceptors (Lipinski definition) is 10. The maximum atomic E-state index is 12.5. The Hall–Kier alpha value is -2.20. The minimum absolute atomic E-state index is 0. The molecular weight excluding hydrogens is 797 g/mol. The molecular formula is C53H98O10. The van der Waals surface area contributed by atoms with Crippen molar-refractivity contribution in [3.8, 4) is 0 Å². The number of esters is 4. The van der Waals surface area contributed by atoms with Crippen LogP contribution in [0.2, 0.25) is 0 Å². The third kappa shape index (κ3) is 10.8. The van der Waals surface area contributed by atoms with Gasteiger partial charge in [0.05, 0.1) is 33.4 Å². The van der Waals surface area contributed by atoms with Gasteiger partial charge in [-0.05, 0) is 162 Å². The van der Waals surface area contributed by atoms with Crippen molar-refractivity contribution in [2.75, 3.05) is 0 Å². The van der Waals surface area contributed by atoms with E-state index >= 15 is 0 Å². The molecule has 0 amide bonds. The first-order chi connectivity index (χ1) is 26.4. The lowest BCUT2D eigenvalue weighted by Gasteiger charge is -2.62. The largest absolute Gasteiger partial charge is 0.458 e. The molecule has 1 aliphatic heterocycles. The lowest BCUT2D eigenvalue weighted by molar-refractivity contribution is -0.264. The van der Waals surface area contributed by atoms with Crippen LogP contribution in [-0.2, 0) is 38.1 Å². The number of ether oxygens (including phenoxy) is 4. The number of carbonyl (C=O) groups is 4. The molecule has 370 valence electrons. The summed E-state index contributed by atoms with van der Waals surface area (Å²) in [6.07, 6.45) is 14.1. The SMILES string of the molecule is C.C.C.C.C.C.CCC(C)(C)C(=O)OC1(C)C2CC3CC(C2)CC1C3.CCC(C)(C)C(=O)OC12CC3CC(O)(CC(O)(C3)C1)C2.CCC(C)(C)C(=O)OC1C2CC3C(=O)OC1C3C2. The molecule has 7 atom stereocenters. The molecule has 10 bridgehead atoms. The van der Waals surface area contributed by atoms with E-state index in [4.69, 9.17) is 18.9 Å². The first kappa shape index (κ1) is 58.8. The highest BCUT2D eigenvalue weighted by atomic mass is 16.6. The average molecular weight is 895 g/mol. The molecule has 0 spiro atoms. The fourth-order valence-corrected chi connectivity index (χ4v) is 13.1. The molecule has 63 heavy (non-hydrogen) atoms. The van der Waals surface area contributed by atoms with Crippen LogP contribution in [0.3, 0.4) is 0 Å². The molecule has 0 aromatic carbocycles. The van der Waals surface area contributed by atoms with Crippen molar-refractivity contribution >= 4 is 23.9 Å². The van der Waals surface area contributed by atoms with Crippen LogP contribution in [0.25, 0.3) is 0 Å². The van der Waals surface area contributed by atoms with Crippen molar-refractivity contribution in [3.05, 3.63) is 0 Å². The number of fused-ring (bicyclic) bond motifs is 1. The Morgan fingerprint density at radius 3 is 1.51 bits per heavy atom. The van der Waals surface area contributed by atoms with E-state index in [0.29, 0.717) is 42.9 Å². The Kier molecular flexibility index (Phi) is 18.6. The molecule has 10 nitrogen and oxygen atoms in total. The monoisotopic (exact) mass is 895 g/mol. The standard InChI is InChI=1S/C17H28O2.C16H26O4.C14H20O4.6CH4/c1-5-16(2,3)15(18)19-17(4)13-7-11-6-12(9-13)10-14(17)8-11;1-4-13(2,3)12(17)20-16-7-11-5-14(18,9-16)8-15(19,6-11)10-16;1-4-14(2,3)13(16)18-10-7-5-8-9(6-7)12(15)17-11(8)10;;;;;;/h11-14H,5-10H2,1-4H3;11,18-19H,4-10H2,1-3H3;7-11H,4-6H2,1-3H3;6*1H4. The van der Waals surface area contributed by atoms with Crippen molar-refractivity contribution in [3.63, 3.8) is 0 Å². The highest BCUT2D eigenvalue weighted by Gasteiger charge is 2.66. The number of carbonyl (C=O) groups excluding carboxylic acids is 4. The van der Waals surface area contributed by atoms with Gasteiger partial charge in [-0.25, -0.2) is 0 Å². The highest BCUT2D eigenvalue weighted by Crippen LogP contribution is 2.62. The summed E-state index contributed by atoms with van der Waals surface area (Å²) >= 11 is 0. The van der Waals surface area contributed by atoms with E-state index in [1.54, 1.807) is 0 Å². The summed E-state index contributed by atoms with van der Waals surface area (Å²) in [4.78, 5) is 48.6. The molecule has 0 aromatic heterocycles. The van der Waals surface area contributed by atoms with E-state index in [0.717, 1.165) is 63.2 Å². The maximum Gasteiger partial charge on any atom is 0.312 e. The van der Waals surface area contributed by atoms with Gasteiger partial charge in [-0.1, -0.05) is 65.3 Å². The van der Waals surface area contributed by atoms with Gasteiger partial charge in [-0.15, -0.1) is 0 Å². The molecule has 11 aliphatic rings. The topological polar surface area (TPSA) is 146 Å². The molecule has 10 heteroatoms. The summed E-state index contributed by atoms with van der Waals surface area (Å²) in [6.45, 7) is 19.8. The zero-order chi connectivity index (χ0) is 41.7. The lowest BCUT2D eigenvalue weighted by atomic mass is 9.50. The van der Waals surface area contributed by atoms with Crippen LogP contribution in [0, 0.1) is 63.6 Å². The smallest absolute Gasteiger partial charge is 0.312 e. The van der Waals surface area contributed by atoms with Crippen molar-refractivity contribution in [1.29, 1.82) is 0 Å². The van der Waals surface area contributed by atoms with Crippen LogP contribution < -0.4 is 0 Å². The predicted molar refractivity (Wildman–Crippen MR) is 254 cm³/mol. The predicted octanol–water partition coefficient (Wildman–Crippen LogP) is 12.1. The van der Waals surface area contributed by atoms with Crippen LogP contribution in [0.4, 0.5) is 0 Å². The van der Waals surface area contributed by atoms with Gasteiger partial charge in [0.2, 0.25) is 0 Å². The molecule has 0 aromatic rings. The quantitative estimate of drug-likeness (QED) is 0.169. The van der Waals surface area contributed by atoms with E-state index in [9.17, 15) is 29.4 Å². The third-order valence-corrected chi connectivity index (χ3v) is 17.3. The Morgan fingerprint density at radius 2 is 1.06 bits per heavy atom. The second kappa shape index (κ2) is 20.0. The Morgan fingerprint density at radius 1 is 0.619 bits per heavy atom. The van der Waals surface area contributed by atoms with Gasteiger partial charge in [-0.3, -0.25) is 19.2 Å². The first-order valence-electron chi connectivity index (χ1n) is 22.7. The second-order valence-corrected chi connectivity index (χ2v) is 22.9. The lowest BCUT2D eigenvalue weighted by Crippen LogP contribution is -2.67. The molecule has 1 saturated heterocycles. The molecule has 10 saturated carbocycles. The van der Waals surface area contributed by atoms with Gasteiger partial charge in [0, 0.05) is 31.1 Å². The normalized spacial score (nSPS) is 39.9. The zero-order valence-electron chi connectivity index (χ0n) is 36.7. The van der Waals surface area contributed by atoms with Crippen LogP contribution in [0.1, 0.15) is 217 Å². The van der Waals surface area contributed by atoms with Crippen LogP contribution in [-0.4, -0.2) is 68.7 Å². The fraction of sp³-hybridized carbons (Fsp3) is 0.925. The average Bonchev–Trinajstić information content (AvgIpc) is 3.75. The Labute approximate surface area is 385 Å². The minimum Gasteiger partial charge on any atom is -0.458 e. The summed E-state index contributed by atoms with van der Waals surface area (Å²) < 4.78 is 23.1. The summed E-state index contributed by atoms with van der Waals surface area (Å²) in [5, 5.41) is 21.3. The van der Waals surface area contributed by atoms with Gasteiger partial charge < -0.3 is 29.2 Å². The van der Waals surface area contributed by atoms with Crippen LogP contribution >= 0.6 is 0 Å². The summed E-state index contributed by atoms with van der Waals surface area (Å²) in [5.41, 5.74) is -3.80.